The molecule has 0 saturated heterocycles. The second-order valence-corrected chi connectivity index (χ2v) is 6.52. The average Bonchev–Trinajstić information content (AvgIpc) is 3.19. The smallest absolute Gasteiger partial charge is 0.259 e. The first-order valence-corrected chi connectivity index (χ1v) is 8.33. The first kappa shape index (κ1) is 13.5. The summed E-state index contributed by atoms with van der Waals surface area (Å²) in [7, 11) is 0. The number of rotatable bonds is 0. The number of nitrogens with one attached hydrogen (secondary N) is 2. The average molecular weight is 337 g/mol. The van der Waals surface area contributed by atoms with Crippen LogP contribution in [0, 0.1) is 0 Å². The number of hydrogen-bond acceptors (Lipinski definition) is 3. The Balaban J connectivity index is 2.03. The van der Waals surface area contributed by atoms with Crippen molar-refractivity contribution in [1.29, 1.82) is 0 Å². The van der Waals surface area contributed by atoms with Crippen molar-refractivity contribution in [3.05, 3.63) is 65.9 Å². The van der Waals surface area contributed by atoms with Gasteiger partial charge < -0.3 is 4.98 Å². The third-order valence-corrected chi connectivity index (χ3v) is 5.20. The van der Waals surface area contributed by atoms with E-state index in [-0.39, 0.29) is 11.8 Å². The summed E-state index contributed by atoms with van der Waals surface area (Å²) < 4.78 is 0. The topological polar surface area (TPSA) is 74.8 Å². The lowest BCUT2D eigenvalue weighted by molar-refractivity contribution is 0.0880. The van der Waals surface area contributed by atoms with Gasteiger partial charge in [-0.1, -0.05) is 36.4 Å². The van der Waals surface area contributed by atoms with E-state index in [9.17, 15) is 9.59 Å². The molecule has 1 aliphatic heterocycles. The Labute approximate surface area is 146 Å². The molecule has 122 valence electrons. The Kier molecular flexibility index (Phi) is 2.32. The Hall–Kier alpha value is -3.73. The number of fused-ring (bicyclic) bond motifs is 10. The molecule has 3 aromatic carbocycles. The van der Waals surface area contributed by atoms with Crippen molar-refractivity contribution in [2.75, 3.05) is 0 Å². The van der Waals surface area contributed by atoms with Crippen molar-refractivity contribution < 1.29 is 9.59 Å². The zero-order valence-corrected chi connectivity index (χ0v) is 13.5. The summed E-state index contributed by atoms with van der Waals surface area (Å²) in [6.45, 7) is 0. The van der Waals surface area contributed by atoms with Crippen molar-refractivity contribution in [3.63, 3.8) is 0 Å². The molecule has 0 aliphatic carbocycles. The quantitative estimate of drug-likeness (QED) is 0.332. The molecule has 0 unspecified atom stereocenters. The van der Waals surface area contributed by atoms with Gasteiger partial charge in [-0.3, -0.25) is 14.9 Å². The lowest BCUT2D eigenvalue weighted by Gasteiger charge is -2.09. The molecule has 2 aromatic heterocycles. The summed E-state index contributed by atoms with van der Waals surface area (Å²) in [5.74, 6) is -0.693. The number of pyridine rings is 1. The van der Waals surface area contributed by atoms with Gasteiger partial charge >= 0.3 is 0 Å². The van der Waals surface area contributed by atoms with Crippen LogP contribution in [0.25, 0.3) is 43.5 Å². The van der Waals surface area contributed by atoms with Gasteiger partial charge in [0.1, 0.15) is 5.65 Å². The van der Waals surface area contributed by atoms with Crippen molar-refractivity contribution in [3.8, 4) is 0 Å². The molecule has 2 amide bonds. The summed E-state index contributed by atoms with van der Waals surface area (Å²) in [6, 6.07) is 15.7. The van der Waals surface area contributed by atoms with Crippen LogP contribution < -0.4 is 5.32 Å². The van der Waals surface area contributed by atoms with Crippen LogP contribution in [0.4, 0.5) is 0 Å². The van der Waals surface area contributed by atoms with Gasteiger partial charge in [-0.15, -0.1) is 0 Å². The number of carbonyl (C=O) groups is 2. The first-order chi connectivity index (χ1) is 12.7. The molecule has 0 bridgehead atoms. The van der Waals surface area contributed by atoms with Crippen LogP contribution >= 0.6 is 0 Å². The lowest BCUT2D eigenvalue weighted by atomic mass is 9.91. The predicted molar refractivity (Wildman–Crippen MR) is 100 cm³/mol. The van der Waals surface area contributed by atoms with Crippen LogP contribution in [0.15, 0.2) is 54.7 Å². The number of nitrogens with zero attached hydrogens (tertiary/aromatic N) is 1. The Morgan fingerprint density at radius 3 is 2.38 bits per heavy atom. The minimum atomic E-state index is -0.352. The fourth-order valence-corrected chi connectivity index (χ4v) is 4.17. The molecule has 0 atom stereocenters. The normalized spacial score (nSPS) is 13.8. The maximum atomic E-state index is 12.7. The molecule has 0 spiro atoms. The summed E-state index contributed by atoms with van der Waals surface area (Å²) in [5, 5.41) is 7.79. The van der Waals surface area contributed by atoms with E-state index in [1.807, 2.05) is 48.5 Å². The molecule has 0 radical (unpaired) electrons. The van der Waals surface area contributed by atoms with E-state index in [1.165, 1.54) is 0 Å². The lowest BCUT2D eigenvalue weighted by Crippen LogP contribution is -2.20. The second-order valence-electron chi connectivity index (χ2n) is 6.52. The Morgan fingerprint density at radius 1 is 0.731 bits per heavy atom. The van der Waals surface area contributed by atoms with E-state index in [4.69, 9.17) is 0 Å². The van der Waals surface area contributed by atoms with Crippen LogP contribution in [-0.2, 0) is 0 Å². The second kappa shape index (κ2) is 4.46. The van der Waals surface area contributed by atoms with Crippen LogP contribution in [0.5, 0.6) is 0 Å². The minimum absolute atomic E-state index is 0.341. The molecule has 26 heavy (non-hydrogen) atoms. The fraction of sp³-hybridized carbons (Fsp3) is 0. The van der Waals surface area contributed by atoms with E-state index in [2.05, 4.69) is 15.3 Å². The maximum Gasteiger partial charge on any atom is 0.259 e. The number of hydrogen-bond donors (Lipinski definition) is 2. The molecule has 0 saturated carbocycles. The zero-order chi connectivity index (χ0) is 17.4. The number of benzene rings is 3. The predicted octanol–water partition coefficient (Wildman–Crippen LogP) is 3.91. The molecular weight excluding hydrogens is 326 g/mol. The van der Waals surface area contributed by atoms with E-state index in [0.29, 0.717) is 16.8 Å². The highest BCUT2D eigenvalue weighted by Crippen LogP contribution is 2.41. The molecule has 0 fully saturated rings. The monoisotopic (exact) mass is 337 g/mol. The van der Waals surface area contributed by atoms with Gasteiger partial charge in [-0.2, -0.15) is 0 Å². The number of aromatic amines is 1. The highest BCUT2D eigenvalue weighted by molar-refractivity contribution is 6.39. The molecule has 1 aliphatic rings. The third kappa shape index (κ3) is 1.48. The molecular formula is C21H11N3O2. The summed E-state index contributed by atoms with van der Waals surface area (Å²) in [6.07, 6.45) is 1.71. The largest absolute Gasteiger partial charge is 0.339 e. The SMILES string of the molecule is O=C1NC(=O)c2c1c1c3ccccc3ccc1c1[nH]c3ncccc3c21. The number of aromatic nitrogens is 2. The van der Waals surface area contributed by atoms with Crippen LogP contribution in [0.1, 0.15) is 20.7 Å². The van der Waals surface area contributed by atoms with Crippen molar-refractivity contribution in [1.82, 2.24) is 15.3 Å². The van der Waals surface area contributed by atoms with Crippen molar-refractivity contribution >= 4 is 55.3 Å². The zero-order valence-electron chi connectivity index (χ0n) is 13.5. The third-order valence-electron chi connectivity index (χ3n) is 5.20. The van der Waals surface area contributed by atoms with E-state index >= 15 is 0 Å². The van der Waals surface area contributed by atoms with Gasteiger partial charge in [0.2, 0.25) is 0 Å². The number of carbonyl (C=O) groups excluding carboxylic acids is 2. The molecule has 5 heteroatoms. The number of amides is 2. The van der Waals surface area contributed by atoms with Crippen molar-refractivity contribution in [2.45, 2.75) is 0 Å². The van der Waals surface area contributed by atoms with Gasteiger partial charge in [0.15, 0.2) is 0 Å². The minimum Gasteiger partial charge on any atom is -0.339 e. The van der Waals surface area contributed by atoms with Crippen molar-refractivity contribution in [2.24, 2.45) is 0 Å². The van der Waals surface area contributed by atoms with E-state index in [1.54, 1.807) is 6.20 Å². The van der Waals surface area contributed by atoms with Crippen LogP contribution in [-0.4, -0.2) is 21.8 Å². The summed E-state index contributed by atoms with van der Waals surface area (Å²) in [4.78, 5) is 33.1. The standard InChI is InChI=1S/C21H11N3O2/c25-20-16-14-11-5-2-1-4-10(11)7-8-12(14)18-15(17(16)21(26)24-20)13-6-3-9-22-19(13)23-18/h1-9H,(H,22,23)(H,24,25,26). The first-order valence-electron chi connectivity index (χ1n) is 8.33. The molecule has 5 aromatic rings. The van der Waals surface area contributed by atoms with Gasteiger partial charge in [0, 0.05) is 27.7 Å². The molecule has 5 nitrogen and oxygen atoms in total. The van der Waals surface area contributed by atoms with Gasteiger partial charge in [0.05, 0.1) is 16.6 Å². The van der Waals surface area contributed by atoms with E-state index in [0.717, 1.165) is 37.8 Å². The van der Waals surface area contributed by atoms with Gasteiger partial charge in [-0.25, -0.2) is 4.98 Å². The summed E-state index contributed by atoms with van der Waals surface area (Å²) in [5.41, 5.74) is 2.44. The maximum absolute atomic E-state index is 12.7. The van der Waals surface area contributed by atoms with E-state index < -0.39 is 0 Å². The van der Waals surface area contributed by atoms with Gasteiger partial charge in [0.25, 0.3) is 11.8 Å². The number of imide groups is 1. The Morgan fingerprint density at radius 2 is 1.50 bits per heavy atom. The molecule has 6 rings (SSSR count). The summed E-state index contributed by atoms with van der Waals surface area (Å²) >= 11 is 0. The van der Waals surface area contributed by atoms with Crippen LogP contribution in [0.3, 0.4) is 0 Å². The van der Waals surface area contributed by atoms with Crippen LogP contribution in [0.2, 0.25) is 0 Å². The van der Waals surface area contributed by atoms with Gasteiger partial charge in [-0.05, 0) is 22.9 Å². The molecule has 2 N–H and O–H groups in total. The fourth-order valence-electron chi connectivity index (χ4n) is 4.17. The molecule has 3 heterocycles. The highest BCUT2D eigenvalue weighted by Gasteiger charge is 2.33. The Bertz CT molecular complexity index is 1450. The highest BCUT2D eigenvalue weighted by atomic mass is 16.2. The number of H-pyrrole nitrogens is 1.